The molecule has 0 bridgehead atoms. The molecule has 0 aromatic carbocycles. The van der Waals surface area contributed by atoms with Crippen LogP contribution < -0.4 is 0 Å². The van der Waals surface area contributed by atoms with Gasteiger partial charge in [-0.3, -0.25) is 4.85 Å². The number of methoxy groups -OCH3 is 1. The topological polar surface area (TPSA) is 30.7 Å². The van der Waals surface area contributed by atoms with Gasteiger partial charge in [0.25, 0.3) is 0 Å². The molecule has 0 spiro atoms. The number of hydrogen-bond acceptors (Lipinski definition) is 2. The van der Waals surface area contributed by atoms with Gasteiger partial charge in [-0.15, -0.1) is 0 Å². The zero-order chi connectivity index (χ0) is 5.70. The van der Waals surface area contributed by atoms with Crippen molar-refractivity contribution in [1.82, 2.24) is 0 Å². The minimum atomic E-state index is -0.602. The summed E-state index contributed by atoms with van der Waals surface area (Å²) >= 11 is 0. The van der Waals surface area contributed by atoms with Crippen molar-refractivity contribution in [2.45, 2.75) is 0 Å². The van der Waals surface area contributed by atoms with Gasteiger partial charge in [-0.25, -0.2) is 11.4 Å². The van der Waals surface area contributed by atoms with Gasteiger partial charge >= 0.3 is 12.5 Å². The Balaban J connectivity index is 3.23. The first-order valence-corrected chi connectivity index (χ1v) is 1.59. The SMILES string of the molecule is [C-]#[N+][CH]C(=O)OC. The van der Waals surface area contributed by atoms with Gasteiger partial charge < -0.3 is 4.74 Å². The summed E-state index contributed by atoms with van der Waals surface area (Å²) in [5, 5.41) is 0. The second-order valence-corrected chi connectivity index (χ2v) is 0.781. The van der Waals surface area contributed by atoms with Crippen LogP contribution in [0.2, 0.25) is 0 Å². The summed E-state index contributed by atoms with van der Waals surface area (Å²) in [6.45, 7) is 6.88. The van der Waals surface area contributed by atoms with Gasteiger partial charge in [-0.05, 0) is 0 Å². The molecule has 0 fully saturated rings. The summed E-state index contributed by atoms with van der Waals surface area (Å²) in [6, 6.07) is 0. The molecule has 0 aliphatic heterocycles. The maximum absolute atomic E-state index is 9.92. The molecule has 37 valence electrons. The van der Waals surface area contributed by atoms with E-state index in [-0.39, 0.29) is 0 Å². The van der Waals surface area contributed by atoms with E-state index < -0.39 is 5.97 Å². The van der Waals surface area contributed by atoms with Crippen LogP contribution in [0.5, 0.6) is 0 Å². The summed E-state index contributed by atoms with van der Waals surface area (Å²) in [5.41, 5.74) is 0. The monoisotopic (exact) mass is 98.0 g/mol. The Morgan fingerprint density at radius 1 is 2.00 bits per heavy atom. The first-order chi connectivity index (χ1) is 3.31. The summed E-state index contributed by atoms with van der Waals surface area (Å²) in [5.74, 6) is -0.602. The van der Waals surface area contributed by atoms with E-state index in [2.05, 4.69) is 9.58 Å². The lowest BCUT2D eigenvalue weighted by Crippen LogP contribution is -1.96. The molecule has 3 heteroatoms. The highest BCUT2D eigenvalue weighted by molar-refractivity contribution is 5.80. The second kappa shape index (κ2) is 3.16. The van der Waals surface area contributed by atoms with Crippen LogP contribution >= 0.6 is 0 Å². The highest BCUT2D eigenvalue weighted by atomic mass is 16.5. The van der Waals surface area contributed by atoms with E-state index in [0.29, 0.717) is 0 Å². The molecule has 0 unspecified atom stereocenters. The van der Waals surface area contributed by atoms with Crippen molar-refractivity contribution in [2.75, 3.05) is 7.11 Å². The predicted octanol–water partition coefficient (Wildman–Crippen LogP) is 0.240. The van der Waals surface area contributed by atoms with Crippen LogP contribution in [0.4, 0.5) is 0 Å². The third-order valence-corrected chi connectivity index (χ3v) is 0.371. The molecule has 0 aromatic heterocycles. The molecule has 0 saturated carbocycles. The fraction of sp³-hybridized carbons (Fsp3) is 0.250. The molecule has 0 saturated heterocycles. The van der Waals surface area contributed by atoms with Gasteiger partial charge in [-0.2, -0.15) is 0 Å². The summed E-state index contributed by atoms with van der Waals surface area (Å²) in [6.07, 6.45) is 0. The van der Waals surface area contributed by atoms with Crippen LogP contribution in [-0.2, 0) is 9.53 Å². The van der Waals surface area contributed by atoms with Gasteiger partial charge in [0.1, 0.15) is 0 Å². The molecule has 7 heavy (non-hydrogen) atoms. The molecular weight excluding hydrogens is 94.0 g/mol. The molecule has 0 atom stereocenters. The lowest BCUT2D eigenvalue weighted by molar-refractivity contribution is -0.136. The van der Waals surface area contributed by atoms with E-state index in [1.807, 2.05) is 0 Å². The van der Waals surface area contributed by atoms with Crippen LogP contribution in [0.25, 0.3) is 4.85 Å². The summed E-state index contributed by atoms with van der Waals surface area (Å²) < 4.78 is 4.08. The highest BCUT2D eigenvalue weighted by Crippen LogP contribution is 1.79. The van der Waals surface area contributed by atoms with Crippen LogP contribution in [0.15, 0.2) is 0 Å². The Kier molecular flexibility index (Phi) is 2.69. The molecule has 0 N–H and O–H groups in total. The molecule has 0 heterocycles. The minimum Gasteiger partial charge on any atom is -0.463 e. The molecule has 1 radical (unpaired) electrons. The second-order valence-electron chi connectivity index (χ2n) is 0.781. The fourth-order valence-electron chi connectivity index (χ4n) is 0.105. The number of ether oxygens (including phenoxy) is 1. The molecule has 0 aliphatic carbocycles. The van der Waals surface area contributed by atoms with Gasteiger partial charge in [0.15, 0.2) is 0 Å². The number of carbonyl (C=O) groups excluding carboxylic acids is 1. The number of esters is 1. The van der Waals surface area contributed by atoms with Gasteiger partial charge in [0.05, 0.1) is 7.11 Å². The number of nitrogens with zero attached hydrogens (tertiary/aromatic N) is 1. The largest absolute Gasteiger partial charge is 0.463 e. The molecule has 0 aliphatic rings. The van der Waals surface area contributed by atoms with Crippen molar-refractivity contribution in [3.8, 4) is 0 Å². The Morgan fingerprint density at radius 2 is 2.57 bits per heavy atom. The Labute approximate surface area is 41.7 Å². The highest BCUT2D eigenvalue weighted by Gasteiger charge is 2.01. The standard InChI is InChI=1S/C4H4NO2/c1-5-3-4(6)7-2/h3H,2H3. The van der Waals surface area contributed by atoms with Crippen molar-refractivity contribution in [1.29, 1.82) is 0 Å². The number of rotatable bonds is 1. The van der Waals surface area contributed by atoms with Gasteiger partial charge in [0.2, 0.25) is 0 Å². The summed E-state index contributed by atoms with van der Waals surface area (Å²) in [4.78, 5) is 12.6. The minimum absolute atomic E-state index is 0.602. The molecule has 3 nitrogen and oxygen atoms in total. The lowest BCUT2D eigenvalue weighted by Gasteiger charge is -1.82. The van der Waals surface area contributed by atoms with E-state index in [1.54, 1.807) is 0 Å². The van der Waals surface area contributed by atoms with Gasteiger partial charge in [-0.1, -0.05) is 0 Å². The maximum Gasteiger partial charge on any atom is 0.402 e. The quantitative estimate of drug-likeness (QED) is 0.347. The first-order valence-electron chi connectivity index (χ1n) is 1.59. The fourth-order valence-corrected chi connectivity index (χ4v) is 0.105. The van der Waals surface area contributed by atoms with Crippen molar-refractivity contribution < 1.29 is 9.53 Å². The average Bonchev–Trinajstić information content (AvgIpc) is 1.68. The molecule has 0 aromatic rings. The third-order valence-electron chi connectivity index (χ3n) is 0.371. The van der Waals surface area contributed by atoms with E-state index >= 15 is 0 Å². The number of hydrogen-bond donors (Lipinski definition) is 0. The van der Waals surface area contributed by atoms with E-state index in [1.165, 1.54) is 7.11 Å². The van der Waals surface area contributed by atoms with Gasteiger partial charge in [0, 0.05) is 0 Å². The van der Waals surface area contributed by atoms with Crippen molar-refractivity contribution >= 4 is 5.97 Å². The van der Waals surface area contributed by atoms with Crippen LogP contribution in [0, 0.1) is 13.1 Å². The van der Waals surface area contributed by atoms with Crippen LogP contribution in [-0.4, -0.2) is 13.1 Å². The zero-order valence-corrected chi connectivity index (χ0v) is 3.84. The zero-order valence-electron chi connectivity index (χ0n) is 3.84. The molecular formula is C4H4NO2. The average molecular weight is 98.1 g/mol. The number of carbonyl (C=O) groups is 1. The maximum atomic E-state index is 9.92. The Bertz CT molecular complexity index is 103. The Morgan fingerprint density at radius 3 is 2.71 bits per heavy atom. The smallest absolute Gasteiger partial charge is 0.402 e. The normalized spacial score (nSPS) is 6.86. The van der Waals surface area contributed by atoms with E-state index in [4.69, 9.17) is 6.57 Å². The molecule has 0 amide bonds. The lowest BCUT2D eigenvalue weighted by atomic mass is 10.7. The molecule has 0 rings (SSSR count). The van der Waals surface area contributed by atoms with Crippen LogP contribution in [0.1, 0.15) is 0 Å². The first kappa shape index (κ1) is 5.96. The Hall–Kier alpha value is -1.04. The summed E-state index contributed by atoms with van der Waals surface area (Å²) in [7, 11) is 1.23. The van der Waals surface area contributed by atoms with E-state index in [0.717, 1.165) is 6.54 Å². The predicted molar refractivity (Wildman–Crippen MR) is 22.9 cm³/mol. The van der Waals surface area contributed by atoms with Crippen LogP contribution in [0.3, 0.4) is 0 Å². The van der Waals surface area contributed by atoms with E-state index in [9.17, 15) is 4.79 Å². The van der Waals surface area contributed by atoms with Crippen molar-refractivity contribution in [2.24, 2.45) is 0 Å². The van der Waals surface area contributed by atoms with Crippen molar-refractivity contribution in [3.05, 3.63) is 18.0 Å². The van der Waals surface area contributed by atoms with Crippen molar-refractivity contribution in [3.63, 3.8) is 0 Å². The third kappa shape index (κ3) is 2.77.